The maximum Gasteiger partial charge on any atom is 0.0538 e. The van der Waals surface area contributed by atoms with Gasteiger partial charge in [0.15, 0.2) is 0 Å². The molecule has 3 heteroatoms. The van der Waals surface area contributed by atoms with E-state index in [0.29, 0.717) is 0 Å². The molecule has 0 unspecified atom stereocenters. The molecule has 0 atom stereocenters. The number of hydrogen-bond acceptors (Lipinski definition) is 3. The molecule has 1 heterocycles. The highest BCUT2D eigenvalue weighted by atomic mass is 15.1. The lowest BCUT2D eigenvalue weighted by molar-refractivity contribution is 0.331. The molecule has 0 bridgehead atoms. The maximum atomic E-state index is 5.09. The largest absolute Gasteiger partial charge is 0.323 e. The SMILES string of the molecule is NN=Cc1ccc(CN2CCCC2)cc1. The smallest absolute Gasteiger partial charge is 0.0538 e. The molecule has 1 aromatic rings. The number of hydrazone groups is 1. The van der Waals surface area contributed by atoms with Crippen LogP contribution in [0, 0.1) is 0 Å². The summed E-state index contributed by atoms with van der Waals surface area (Å²) >= 11 is 0. The predicted octanol–water partition coefficient (Wildman–Crippen LogP) is 1.58. The second kappa shape index (κ2) is 4.94. The highest BCUT2D eigenvalue weighted by Gasteiger charge is 2.11. The third-order valence-corrected chi connectivity index (χ3v) is 2.81. The van der Waals surface area contributed by atoms with E-state index in [9.17, 15) is 0 Å². The van der Waals surface area contributed by atoms with E-state index >= 15 is 0 Å². The second-order valence-electron chi connectivity index (χ2n) is 4.00. The van der Waals surface area contributed by atoms with Crippen LogP contribution < -0.4 is 5.84 Å². The summed E-state index contributed by atoms with van der Waals surface area (Å²) < 4.78 is 0. The number of hydrogen-bond donors (Lipinski definition) is 1. The molecule has 0 spiro atoms. The van der Waals surface area contributed by atoms with Gasteiger partial charge in [0.05, 0.1) is 6.21 Å². The fourth-order valence-corrected chi connectivity index (χ4v) is 1.99. The first kappa shape index (κ1) is 10.2. The van der Waals surface area contributed by atoms with Crippen LogP contribution in [0.25, 0.3) is 0 Å². The summed E-state index contributed by atoms with van der Waals surface area (Å²) in [6, 6.07) is 8.41. The number of nitrogens with zero attached hydrogens (tertiary/aromatic N) is 2. The van der Waals surface area contributed by atoms with Crippen LogP contribution in [0.4, 0.5) is 0 Å². The van der Waals surface area contributed by atoms with Crippen molar-refractivity contribution in [2.75, 3.05) is 13.1 Å². The fourth-order valence-electron chi connectivity index (χ4n) is 1.99. The van der Waals surface area contributed by atoms with Crippen molar-refractivity contribution >= 4 is 6.21 Å². The number of nitrogens with two attached hydrogens (primary N) is 1. The van der Waals surface area contributed by atoms with E-state index in [-0.39, 0.29) is 0 Å². The molecular formula is C12H17N3. The highest BCUT2D eigenvalue weighted by Crippen LogP contribution is 2.12. The zero-order chi connectivity index (χ0) is 10.5. The Morgan fingerprint density at radius 3 is 2.47 bits per heavy atom. The van der Waals surface area contributed by atoms with Gasteiger partial charge in [-0.2, -0.15) is 5.10 Å². The first-order valence-corrected chi connectivity index (χ1v) is 5.43. The van der Waals surface area contributed by atoms with Crippen molar-refractivity contribution in [1.82, 2.24) is 4.90 Å². The van der Waals surface area contributed by atoms with Gasteiger partial charge in [0.1, 0.15) is 0 Å². The highest BCUT2D eigenvalue weighted by molar-refractivity contribution is 5.79. The lowest BCUT2D eigenvalue weighted by Crippen LogP contribution is -2.18. The van der Waals surface area contributed by atoms with Crippen molar-refractivity contribution in [1.29, 1.82) is 0 Å². The van der Waals surface area contributed by atoms with Gasteiger partial charge in [-0.15, -0.1) is 0 Å². The van der Waals surface area contributed by atoms with E-state index in [1.807, 2.05) is 0 Å². The van der Waals surface area contributed by atoms with Crippen molar-refractivity contribution in [3.63, 3.8) is 0 Å². The molecule has 0 aliphatic carbocycles. The monoisotopic (exact) mass is 203 g/mol. The molecule has 1 aromatic carbocycles. The quantitative estimate of drug-likeness (QED) is 0.460. The Hall–Kier alpha value is -1.35. The van der Waals surface area contributed by atoms with Crippen LogP contribution in [0.15, 0.2) is 29.4 Å². The summed E-state index contributed by atoms with van der Waals surface area (Å²) in [5, 5.41) is 3.50. The first-order chi connectivity index (χ1) is 7.38. The van der Waals surface area contributed by atoms with Crippen LogP contribution in [0.2, 0.25) is 0 Å². The first-order valence-electron chi connectivity index (χ1n) is 5.43. The zero-order valence-electron chi connectivity index (χ0n) is 8.89. The van der Waals surface area contributed by atoms with E-state index in [4.69, 9.17) is 5.84 Å². The minimum atomic E-state index is 1.06. The van der Waals surface area contributed by atoms with Crippen LogP contribution in [0.3, 0.4) is 0 Å². The number of benzene rings is 1. The average Bonchev–Trinajstić information content (AvgIpc) is 2.74. The van der Waals surface area contributed by atoms with Crippen molar-refractivity contribution in [3.8, 4) is 0 Å². The summed E-state index contributed by atoms with van der Waals surface area (Å²) in [6.07, 6.45) is 4.36. The lowest BCUT2D eigenvalue weighted by Gasteiger charge is -2.14. The molecule has 1 aliphatic heterocycles. The van der Waals surface area contributed by atoms with Crippen LogP contribution in [-0.4, -0.2) is 24.2 Å². The normalized spacial score (nSPS) is 17.6. The van der Waals surface area contributed by atoms with Crippen molar-refractivity contribution in [2.24, 2.45) is 10.9 Å². The predicted molar refractivity (Wildman–Crippen MR) is 62.7 cm³/mol. The average molecular weight is 203 g/mol. The number of likely N-dealkylation sites (tertiary alicyclic amines) is 1. The molecule has 2 N–H and O–H groups in total. The van der Waals surface area contributed by atoms with Crippen LogP contribution in [0.5, 0.6) is 0 Å². The van der Waals surface area contributed by atoms with Gasteiger partial charge in [0, 0.05) is 6.54 Å². The molecule has 2 rings (SSSR count). The lowest BCUT2D eigenvalue weighted by atomic mass is 10.1. The Balaban J connectivity index is 1.97. The van der Waals surface area contributed by atoms with Gasteiger partial charge in [-0.1, -0.05) is 24.3 Å². The molecular weight excluding hydrogens is 186 g/mol. The van der Waals surface area contributed by atoms with Gasteiger partial charge in [-0.05, 0) is 37.1 Å². The summed E-state index contributed by atoms with van der Waals surface area (Å²) in [5.41, 5.74) is 2.42. The topological polar surface area (TPSA) is 41.6 Å². The molecule has 0 saturated carbocycles. The minimum absolute atomic E-state index is 1.06. The third-order valence-electron chi connectivity index (χ3n) is 2.81. The third kappa shape index (κ3) is 2.80. The van der Waals surface area contributed by atoms with E-state index in [1.165, 1.54) is 31.5 Å². The van der Waals surface area contributed by atoms with Crippen molar-refractivity contribution in [2.45, 2.75) is 19.4 Å². The second-order valence-corrected chi connectivity index (χ2v) is 4.00. The Bertz CT molecular complexity index is 323. The standard InChI is InChI=1S/C12H17N3/c13-14-9-11-3-5-12(6-4-11)10-15-7-1-2-8-15/h3-6,9H,1-2,7-8,10,13H2. The fraction of sp³-hybridized carbons (Fsp3) is 0.417. The van der Waals surface area contributed by atoms with E-state index < -0.39 is 0 Å². The molecule has 0 amide bonds. The van der Waals surface area contributed by atoms with Crippen LogP contribution in [-0.2, 0) is 6.54 Å². The van der Waals surface area contributed by atoms with E-state index in [2.05, 4.69) is 34.3 Å². The molecule has 0 radical (unpaired) electrons. The summed E-state index contributed by atoms with van der Waals surface area (Å²) in [7, 11) is 0. The molecule has 1 aliphatic rings. The molecule has 3 nitrogen and oxygen atoms in total. The minimum Gasteiger partial charge on any atom is -0.323 e. The zero-order valence-corrected chi connectivity index (χ0v) is 8.89. The molecule has 0 aromatic heterocycles. The van der Waals surface area contributed by atoms with Gasteiger partial charge in [0.2, 0.25) is 0 Å². The molecule has 80 valence electrons. The Labute approximate surface area is 90.6 Å². The van der Waals surface area contributed by atoms with E-state index in [1.54, 1.807) is 6.21 Å². The Morgan fingerprint density at radius 2 is 1.87 bits per heavy atom. The summed E-state index contributed by atoms with van der Waals surface area (Å²) in [4.78, 5) is 2.49. The van der Waals surface area contributed by atoms with Crippen molar-refractivity contribution in [3.05, 3.63) is 35.4 Å². The van der Waals surface area contributed by atoms with Gasteiger partial charge in [-0.3, -0.25) is 4.90 Å². The van der Waals surface area contributed by atoms with Crippen molar-refractivity contribution < 1.29 is 0 Å². The molecule has 1 saturated heterocycles. The van der Waals surface area contributed by atoms with Gasteiger partial charge >= 0.3 is 0 Å². The summed E-state index contributed by atoms with van der Waals surface area (Å²) in [6.45, 7) is 3.55. The maximum absolute atomic E-state index is 5.09. The van der Waals surface area contributed by atoms with Gasteiger partial charge < -0.3 is 5.84 Å². The summed E-state index contributed by atoms with van der Waals surface area (Å²) in [5.74, 6) is 5.09. The Kier molecular flexibility index (Phi) is 3.35. The number of rotatable bonds is 3. The van der Waals surface area contributed by atoms with Crippen LogP contribution >= 0.6 is 0 Å². The van der Waals surface area contributed by atoms with Gasteiger partial charge in [0.25, 0.3) is 0 Å². The molecule has 15 heavy (non-hydrogen) atoms. The van der Waals surface area contributed by atoms with Gasteiger partial charge in [-0.25, -0.2) is 0 Å². The molecule has 1 fully saturated rings. The van der Waals surface area contributed by atoms with Crippen LogP contribution in [0.1, 0.15) is 24.0 Å². The Morgan fingerprint density at radius 1 is 1.20 bits per heavy atom. The van der Waals surface area contributed by atoms with E-state index in [0.717, 1.165) is 12.1 Å².